The van der Waals surface area contributed by atoms with Crippen LogP contribution in [0.1, 0.15) is 6.42 Å². The Morgan fingerprint density at radius 3 is 2.47 bits per heavy atom. The number of anilines is 1. The number of rotatable bonds is 4. The van der Waals surface area contributed by atoms with Crippen molar-refractivity contribution in [1.29, 1.82) is 0 Å². The van der Waals surface area contributed by atoms with E-state index in [1.54, 1.807) is 20.3 Å². The molecule has 0 saturated carbocycles. The minimum absolute atomic E-state index is 0.517. The molecule has 1 aliphatic rings. The molecule has 94 valence electrons. The predicted octanol–water partition coefficient (Wildman–Crippen LogP) is 0.279. The first-order valence-electron chi connectivity index (χ1n) is 5.69. The lowest BCUT2D eigenvalue weighted by atomic mass is 10.1. The zero-order valence-electron chi connectivity index (χ0n) is 10.2. The molecule has 0 aliphatic carbocycles. The third-order valence-electron chi connectivity index (χ3n) is 2.99. The van der Waals surface area contributed by atoms with Crippen LogP contribution in [0, 0.1) is 5.92 Å². The van der Waals surface area contributed by atoms with Crippen LogP contribution in [0.5, 0.6) is 11.8 Å². The van der Waals surface area contributed by atoms with Gasteiger partial charge in [-0.1, -0.05) is 0 Å². The van der Waals surface area contributed by atoms with Crippen molar-refractivity contribution in [1.82, 2.24) is 9.97 Å². The molecule has 1 unspecified atom stereocenters. The van der Waals surface area contributed by atoms with E-state index in [2.05, 4.69) is 14.9 Å². The van der Waals surface area contributed by atoms with Crippen LogP contribution in [0.15, 0.2) is 6.07 Å². The van der Waals surface area contributed by atoms with Crippen LogP contribution >= 0.6 is 0 Å². The summed E-state index contributed by atoms with van der Waals surface area (Å²) in [5.41, 5.74) is 5.67. The van der Waals surface area contributed by atoms with Crippen LogP contribution in [0.2, 0.25) is 0 Å². The van der Waals surface area contributed by atoms with Gasteiger partial charge in [0.2, 0.25) is 17.7 Å². The van der Waals surface area contributed by atoms with Gasteiger partial charge in [-0.15, -0.1) is 0 Å². The van der Waals surface area contributed by atoms with Crippen molar-refractivity contribution in [3.63, 3.8) is 0 Å². The summed E-state index contributed by atoms with van der Waals surface area (Å²) in [7, 11) is 3.16. The third-order valence-corrected chi connectivity index (χ3v) is 2.99. The van der Waals surface area contributed by atoms with Gasteiger partial charge in [-0.05, 0) is 18.9 Å². The molecule has 0 amide bonds. The summed E-state index contributed by atoms with van der Waals surface area (Å²) in [4.78, 5) is 10.8. The summed E-state index contributed by atoms with van der Waals surface area (Å²) in [6.07, 6.45) is 1.08. The molecule has 1 aromatic rings. The second-order valence-corrected chi connectivity index (χ2v) is 4.09. The van der Waals surface area contributed by atoms with Gasteiger partial charge >= 0.3 is 0 Å². The Morgan fingerprint density at radius 2 is 2.00 bits per heavy atom. The van der Waals surface area contributed by atoms with Crippen LogP contribution < -0.4 is 20.1 Å². The van der Waals surface area contributed by atoms with E-state index in [0.717, 1.165) is 19.5 Å². The van der Waals surface area contributed by atoms with E-state index in [0.29, 0.717) is 30.2 Å². The van der Waals surface area contributed by atoms with Gasteiger partial charge < -0.3 is 20.1 Å². The van der Waals surface area contributed by atoms with E-state index in [4.69, 9.17) is 15.2 Å². The topological polar surface area (TPSA) is 73.5 Å². The zero-order chi connectivity index (χ0) is 12.3. The first kappa shape index (κ1) is 11.9. The molecule has 2 heterocycles. The summed E-state index contributed by atoms with van der Waals surface area (Å²) in [5.74, 6) is 2.21. The number of aromatic nitrogens is 2. The van der Waals surface area contributed by atoms with Gasteiger partial charge in [-0.25, -0.2) is 0 Å². The molecule has 0 aromatic carbocycles. The number of hydrogen-bond acceptors (Lipinski definition) is 6. The fourth-order valence-corrected chi connectivity index (χ4v) is 1.95. The van der Waals surface area contributed by atoms with E-state index in [1.807, 2.05) is 0 Å². The average Bonchev–Trinajstić information content (AvgIpc) is 2.86. The van der Waals surface area contributed by atoms with Gasteiger partial charge in [0.25, 0.3) is 0 Å². The SMILES string of the molecule is COc1cc(OC)nc(N2CCC(CN)C2)n1. The molecule has 1 aliphatic heterocycles. The van der Waals surface area contributed by atoms with Crippen molar-refractivity contribution in [3.05, 3.63) is 6.07 Å². The highest BCUT2D eigenvalue weighted by atomic mass is 16.5. The Labute approximate surface area is 101 Å². The van der Waals surface area contributed by atoms with Crippen LogP contribution in [-0.4, -0.2) is 43.8 Å². The second kappa shape index (κ2) is 5.18. The fraction of sp³-hybridized carbons (Fsp3) is 0.636. The van der Waals surface area contributed by atoms with Gasteiger partial charge in [0.15, 0.2) is 0 Å². The zero-order valence-corrected chi connectivity index (χ0v) is 10.2. The maximum atomic E-state index is 5.67. The van der Waals surface area contributed by atoms with Crippen LogP contribution in [0.25, 0.3) is 0 Å². The van der Waals surface area contributed by atoms with Crippen molar-refractivity contribution < 1.29 is 9.47 Å². The molecule has 0 bridgehead atoms. The second-order valence-electron chi connectivity index (χ2n) is 4.09. The summed E-state index contributed by atoms with van der Waals surface area (Å²) in [6.45, 7) is 2.53. The molecule has 2 N–H and O–H groups in total. The molecule has 1 aromatic heterocycles. The highest BCUT2D eigenvalue weighted by molar-refractivity contribution is 5.37. The molecule has 2 rings (SSSR count). The number of nitrogens with zero attached hydrogens (tertiary/aromatic N) is 3. The Bertz CT molecular complexity index is 363. The first-order chi connectivity index (χ1) is 8.26. The normalized spacial score (nSPS) is 19.5. The summed E-state index contributed by atoms with van der Waals surface area (Å²) in [5, 5.41) is 0. The lowest BCUT2D eigenvalue weighted by molar-refractivity contribution is 0.371. The Balaban J connectivity index is 2.20. The van der Waals surface area contributed by atoms with E-state index in [-0.39, 0.29) is 0 Å². The highest BCUT2D eigenvalue weighted by Gasteiger charge is 2.24. The molecule has 1 saturated heterocycles. The number of methoxy groups -OCH3 is 2. The van der Waals surface area contributed by atoms with Gasteiger partial charge in [0.05, 0.1) is 20.3 Å². The molecule has 0 radical (unpaired) electrons. The Morgan fingerprint density at radius 1 is 1.35 bits per heavy atom. The minimum Gasteiger partial charge on any atom is -0.481 e. The van der Waals surface area contributed by atoms with Crippen LogP contribution in [0.3, 0.4) is 0 Å². The largest absolute Gasteiger partial charge is 0.481 e. The number of nitrogens with two attached hydrogens (primary N) is 1. The highest BCUT2D eigenvalue weighted by Crippen LogP contribution is 2.24. The van der Waals surface area contributed by atoms with Crippen molar-refractivity contribution in [2.24, 2.45) is 11.7 Å². The van der Waals surface area contributed by atoms with Crippen molar-refractivity contribution >= 4 is 5.95 Å². The Hall–Kier alpha value is -1.56. The molecule has 1 fully saturated rings. The summed E-state index contributed by atoms with van der Waals surface area (Å²) >= 11 is 0. The third kappa shape index (κ3) is 2.58. The lowest BCUT2D eigenvalue weighted by Gasteiger charge is -2.17. The fourth-order valence-electron chi connectivity index (χ4n) is 1.95. The lowest BCUT2D eigenvalue weighted by Crippen LogP contribution is -2.24. The van der Waals surface area contributed by atoms with Crippen molar-refractivity contribution in [2.75, 3.05) is 38.8 Å². The Kier molecular flexibility index (Phi) is 3.63. The van der Waals surface area contributed by atoms with Crippen LogP contribution in [0.4, 0.5) is 5.95 Å². The molecule has 0 spiro atoms. The van der Waals surface area contributed by atoms with Gasteiger partial charge in [-0.3, -0.25) is 0 Å². The summed E-state index contributed by atoms with van der Waals surface area (Å²) < 4.78 is 10.3. The molecule has 6 nitrogen and oxygen atoms in total. The molecular weight excluding hydrogens is 220 g/mol. The van der Waals surface area contributed by atoms with Gasteiger partial charge in [0, 0.05) is 13.1 Å². The monoisotopic (exact) mass is 238 g/mol. The molecule has 17 heavy (non-hydrogen) atoms. The van der Waals surface area contributed by atoms with E-state index in [9.17, 15) is 0 Å². The molecule has 6 heteroatoms. The molecular formula is C11H18N4O2. The number of ether oxygens (including phenoxy) is 2. The standard InChI is InChI=1S/C11H18N4O2/c1-16-9-5-10(17-2)14-11(13-9)15-4-3-8(6-12)7-15/h5,8H,3-4,6-7,12H2,1-2H3. The molecule has 1 atom stereocenters. The first-order valence-corrected chi connectivity index (χ1v) is 5.69. The van der Waals surface area contributed by atoms with Crippen molar-refractivity contribution in [3.8, 4) is 11.8 Å². The maximum absolute atomic E-state index is 5.67. The van der Waals surface area contributed by atoms with Gasteiger partial charge in [0.1, 0.15) is 0 Å². The van der Waals surface area contributed by atoms with Gasteiger partial charge in [-0.2, -0.15) is 9.97 Å². The summed E-state index contributed by atoms with van der Waals surface area (Å²) in [6, 6.07) is 1.67. The average molecular weight is 238 g/mol. The van der Waals surface area contributed by atoms with Crippen LogP contribution in [-0.2, 0) is 0 Å². The smallest absolute Gasteiger partial charge is 0.231 e. The maximum Gasteiger partial charge on any atom is 0.231 e. The van der Waals surface area contributed by atoms with E-state index >= 15 is 0 Å². The van der Waals surface area contributed by atoms with E-state index < -0.39 is 0 Å². The van der Waals surface area contributed by atoms with Crippen molar-refractivity contribution in [2.45, 2.75) is 6.42 Å². The quantitative estimate of drug-likeness (QED) is 0.812. The number of hydrogen-bond donors (Lipinski definition) is 1. The predicted molar refractivity (Wildman–Crippen MR) is 64.5 cm³/mol. The minimum atomic E-state index is 0.517. The van der Waals surface area contributed by atoms with E-state index in [1.165, 1.54) is 0 Å².